The van der Waals surface area contributed by atoms with Gasteiger partial charge in [0, 0.05) is 20.2 Å². The van der Waals surface area contributed by atoms with Crippen molar-refractivity contribution in [3.8, 4) is 17.2 Å². The lowest BCUT2D eigenvalue weighted by Gasteiger charge is -2.10. The highest BCUT2D eigenvalue weighted by molar-refractivity contribution is 5.72. The molecule has 0 aliphatic carbocycles. The van der Waals surface area contributed by atoms with Crippen LogP contribution in [0.4, 0.5) is 4.79 Å². The van der Waals surface area contributed by atoms with Gasteiger partial charge in [0.05, 0.1) is 14.2 Å². The van der Waals surface area contributed by atoms with E-state index in [1.54, 1.807) is 40.4 Å². The molecule has 1 amide bonds. The Morgan fingerprint density at radius 2 is 1.38 bits per heavy atom. The molecular weight excluding hydrogens is 306 g/mol. The van der Waals surface area contributed by atoms with Gasteiger partial charge in [0.1, 0.15) is 17.2 Å². The molecule has 0 fully saturated rings. The molecule has 0 aliphatic rings. The number of hydrogen-bond acceptors (Lipinski definition) is 4. The molecule has 5 heteroatoms. The summed E-state index contributed by atoms with van der Waals surface area (Å²) in [6.45, 7) is 0. The van der Waals surface area contributed by atoms with Gasteiger partial charge in [-0.1, -0.05) is 24.3 Å². The molecule has 0 saturated heterocycles. The van der Waals surface area contributed by atoms with E-state index in [4.69, 9.17) is 14.2 Å². The molecule has 0 bridgehead atoms. The average molecular weight is 327 g/mol. The van der Waals surface area contributed by atoms with Crippen molar-refractivity contribution in [3.05, 3.63) is 53.6 Å². The van der Waals surface area contributed by atoms with E-state index in [1.165, 1.54) is 4.90 Å². The molecule has 2 aromatic rings. The Hall–Kier alpha value is -2.95. The number of amides is 1. The van der Waals surface area contributed by atoms with Crippen molar-refractivity contribution in [2.75, 3.05) is 28.3 Å². The highest BCUT2D eigenvalue weighted by Crippen LogP contribution is 2.24. The van der Waals surface area contributed by atoms with Gasteiger partial charge in [0.25, 0.3) is 0 Å². The number of nitrogens with zero attached hydrogens (tertiary/aromatic N) is 1. The summed E-state index contributed by atoms with van der Waals surface area (Å²) in [5.41, 5.74) is 1.95. The van der Waals surface area contributed by atoms with Gasteiger partial charge >= 0.3 is 6.09 Å². The number of carbonyl (C=O) groups is 1. The zero-order valence-electron chi connectivity index (χ0n) is 14.3. The summed E-state index contributed by atoms with van der Waals surface area (Å²) in [6.07, 6.45) is 3.53. The maximum absolute atomic E-state index is 11.5. The average Bonchev–Trinajstić information content (AvgIpc) is 2.60. The molecule has 0 spiro atoms. The van der Waals surface area contributed by atoms with Crippen molar-refractivity contribution >= 4 is 18.2 Å². The third kappa shape index (κ3) is 4.78. The zero-order chi connectivity index (χ0) is 17.5. The van der Waals surface area contributed by atoms with E-state index in [9.17, 15) is 4.79 Å². The molecule has 0 aliphatic heterocycles. The van der Waals surface area contributed by atoms with Crippen LogP contribution in [0.15, 0.2) is 42.5 Å². The highest BCUT2D eigenvalue weighted by Gasteiger charge is 2.05. The molecule has 0 atom stereocenters. The molecule has 2 rings (SSSR count). The molecule has 5 nitrogen and oxygen atoms in total. The van der Waals surface area contributed by atoms with Gasteiger partial charge < -0.3 is 19.1 Å². The number of ether oxygens (including phenoxy) is 3. The lowest BCUT2D eigenvalue weighted by Crippen LogP contribution is -2.25. The van der Waals surface area contributed by atoms with E-state index >= 15 is 0 Å². The lowest BCUT2D eigenvalue weighted by atomic mass is 10.1. The number of benzene rings is 2. The van der Waals surface area contributed by atoms with Crippen LogP contribution in [0.1, 0.15) is 11.1 Å². The van der Waals surface area contributed by atoms with Gasteiger partial charge in [-0.2, -0.15) is 0 Å². The van der Waals surface area contributed by atoms with E-state index in [1.807, 2.05) is 42.5 Å². The molecule has 0 unspecified atom stereocenters. The largest absolute Gasteiger partial charge is 0.497 e. The Kier molecular flexibility index (Phi) is 5.84. The predicted molar refractivity (Wildman–Crippen MR) is 94.6 cm³/mol. The molecule has 0 heterocycles. The van der Waals surface area contributed by atoms with E-state index in [0.29, 0.717) is 5.75 Å². The third-order valence-electron chi connectivity index (χ3n) is 3.29. The molecule has 0 aromatic heterocycles. The van der Waals surface area contributed by atoms with Gasteiger partial charge in [-0.3, -0.25) is 0 Å². The normalized spacial score (nSPS) is 10.5. The Morgan fingerprint density at radius 1 is 0.833 bits per heavy atom. The second-order valence-corrected chi connectivity index (χ2v) is 5.31. The number of carbonyl (C=O) groups excluding carboxylic acids is 1. The van der Waals surface area contributed by atoms with Crippen molar-refractivity contribution in [1.29, 1.82) is 0 Å². The summed E-state index contributed by atoms with van der Waals surface area (Å²) >= 11 is 0. The van der Waals surface area contributed by atoms with Gasteiger partial charge in [0.2, 0.25) is 0 Å². The monoisotopic (exact) mass is 327 g/mol. The summed E-state index contributed by atoms with van der Waals surface area (Å²) in [4.78, 5) is 12.9. The first-order valence-corrected chi connectivity index (χ1v) is 7.42. The predicted octanol–water partition coefficient (Wildman–Crippen LogP) is 3.93. The topological polar surface area (TPSA) is 48.0 Å². The molecule has 24 heavy (non-hydrogen) atoms. The zero-order valence-corrected chi connectivity index (χ0v) is 14.3. The fourth-order valence-electron chi connectivity index (χ4n) is 1.96. The van der Waals surface area contributed by atoms with Crippen LogP contribution >= 0.6 is 0 Å². The maximum atomic E-state index is 11.5. The standard InChI is InChI=1S/C19H21NO4/c1-20(2)19(21)24-16-9-7-14(8-10-16)5-6-15-11-17(22-3)13-18(12-15)23-4/h5-13H,1-4H3. The Bertz CT molecular complexity index is 698. The maximum Gasteiger partial charge on any atom is 0.414 e. The first kappa shape index (κ1) is 17.4. The fourth-order valence-corrected chi connectivity index (χ4v) is 1.96. The van der Waals surface area contributed by atoms with Crippen molar-refractivity contribution in [1.82, 2.24) is 4.90 Å². The minimum Gasteiger partial charge on any atom is -0.497 e. The Balaban J connectivity index is 2.10. The van der Waals surface area contributed by atoms with Crippen molar-refractivity contribution in [2.24, 2.45) is 0 Å². The van der Waals surface area contributed by atoms with Crippen LogP contribution in [0, 0.1) is 0 Å². The number of rotatable bonds is 5. The fraction of sp³-hybridized carbons (Fsp3) is 0.211. The van der Waals surface area contributed by atoms with E-state index in [2.05, 4.69) is 0 Å². The van der Waals surface area contributed by atoms with E-state index in [-0.39, 0.29) is 0 Å². The summed E-state index contributed by atoms with van der Waals surface area (Å²) < 4.78 is 15.7. The summed E-state index contributed by atoms with van der Waals surface area (Å²) in [7, 11) is 6.52. The summed E-state index contributed by atoms with van der Waals surface area (Å²) in [5, 5.41) is 0. The molecule has 126 valence electrons. The molecule has 0 radical (unpaired) electrons. The van der Waals surface area contributed by atoms with Crippen LogP contribution in [-0.4, -0.2) is 39.3 Å². The Morgan fingerprint density at radius 3 is 1.88 bits per heavy atom. The minimum atomic E-state index is -0.401. The SMILES string of the molecule is COc1cc(C=Cc2ccc(OC(=O)N(C)C)cc2)cc(OC)c1. The van der Waals surface area contributed by atoms with Crippen molar-refractivity contribution in [2.45, 2.75) is 0 Å². The minimum absolute atomic E-state index is 0.401. The second kappa shape index (κ2) is 8.06. The van der Waals surface area contributed by atoms with Gasteiger partial charge in [-0.05, 0) is 35.4 Å². The first-order chi connectivity index (χ1) is 11.5. The third-order valence-corrected chi connectivity index (χ3v) is 3.29. The van der Waals surface area contributed by atoms with Crippen LogP contribution in [0.2, 0.25) is 0 Å². The smallest absolute Gasteiger partial charge is 0.414 e. The summed E-state index contributed by atoms with van der Waals surface area (Å²) in [5.74, 6) is 1.98. The van der Waals surface area contributed by atoms with Crippen LogP contribution in [0.3, 0.4) is 0 Å². The quantitative estimate of drug-likeness (QED) is 0.781. The number of hydrogen-bond donors (Lipinski definition) is 0. The van der Waals surface area contributed by atoms with E-state index < -0.39 is 6.09 Å². The van der Waals surface area contributed by atoms with Crippen LogP contribution < -0.4 is 14.2 Å². The van der Waals surface area contributed by atoms with Crippen molar-refractivity contribution in [3.63, 3.8) is 0 Å². The van der Waals surface area contributed by atoms with Gasteiger partial charge in [-0.25, -0.2) is 4.79 Å². The summed E-state index contributed by atoms with van der Waals surface area (Å²) in [6, 6.07) is 12.9. The molecule has 0 saturated carbocycles. The first-order valence-electron chi connectivity index (χ1n) is 7.42. The molecule has 2 aromatic carbocycles. The second-order valence-electron chi connectivity index (χ2n) is 5.31. The van der Waals surface area contributed by atoms with Crippen LogP contribution in [0.25, 0.3) is 12.2 Å². The van der Waals surface area contributed by atoms with Gasteiger partial charge in [-0.15, -0.1) is 0 Å². The van der Waals surface area contributed by atoms with Crippen LogP contribution in [0.5, 0.6) is 17.2 Å². The van der Waals surface area contributed by atoms with E-state index in [0.717, 1.165) is 22.6 Å². The number of methoxy groups -OCH3 is 2. The van der Waals surface area contributed by atoms with Crippen molar-refractivity contribution < 1.29 is 19.0 Å². The highest BCUT2D eigenvalue weighted by atomic mass is 16.6. The van der Waals surface area contributed by atoms with Crippen LogP contribution in [-0.2, 0) is 0 Å². The lowest BCUT2D eigenvalue weighted by molar-refractivity contribution is 0.172. The molecule has 0 N–H and O–H groups in total. The van der Waals surface area contributed by atoms with Gasteiger partial charge in [0.15, 0.2) is 0 Å². The molecular formula is C19H21NO4. The Labute approximate surface area is 142 Å².